The van der Waals surface area contributed by atoms with Crippen LogP contribution in [0.1, 0.15) is 24.1 Å². The second kappa shape index (κ2) is 5.14. The fourth-order valence-corrected chi connectivity index (χ4v) is 3.53. The van der Waals surface area contributed by atoms with Gasteiger partial charge in [0.2, 0.25) is 0 Å². The van der Waals surface area contributed by atoms with Gasteiger partial charge in [-0.15, -0.1) is 0 Å². The van der Waals surface area contributed by atoms with E-state index in [4.69, 9.17) is 0 Å². The lowest BCUT2D eigenvalue weighted by Gasteiger charge is -2.23. The van der Waals surface area contributed by atoms with Crippen molar-refractivity contribution in [3.05, 3.63) is 29.6 Å². The molecule has 1 aromatic heterocycles. The highest BCUT2D eigenvalue weighted by atomic mass is 32.2. The van der Waals surface area contributed by atoms with E-state index in [-0.39, 0.29) is 0 Å². The first-order chi connectivity index (χ1) is 8.07. The zero-order valence-electron chi connectivity index (χ0n) is 10.0. The van der Waals surface area contributed by atoms with Crippen LogP contribution in [-0.2, 0) is 16.4 Å². The smallest absolute Gasteiger partial charge is 0.150 e. The van der Waals surface area contributed by atoms with Crippen LogP contribution in [0.2, 0.25) is 0 Å². The molecule has 0 spiro atoms. The van der Waals surface area contributed by atoms with Gasteiger partial charge in [-0.3, -0.25) is 4.98 Å². The van der Waals surface area contributed by atoms with Gasteiger partial charge in [0.15, 0.2) is 0 Å². The Morgan fingerprint density at radius 1 is 1.41 bits per heavy atom. The van der Waals surface area contributed by atoms with Gasteiger partial charge in [-0.1, -0.05) is 6.07 Å². The molecule has 1 saturated heterocycles. The summed E-state index contributed by atoms with van der Waals surface area (Å²) in [5.74, 6) is 0.623. The molecule has 1 aromatic rings. The largest absolute Gasteiger partial charge is 0.308 e. The van der Waals surface area contributed by atoms with Crippen LogP contribution in [0.4, 0.5) is 0 Å². The standard InChI is InChI=1S/C12H18N2O2S/c1-10-3-2-6-13-12(10)9-14-11-4-7-17(15,16)8-5-11/h2-3,6,11,14H,4-5,7-9H2,1H3. The summed E-state index contributed by atoms with van der Waals surface area (Å²) in [4.78, 5) is 4.31. The van der Waals surface area contributed by atoms with Gasteiger partial charge < -0.3 is 5.32 Å². The molecule has 0 aliphatic carbocycles. The maximum absolute atomic E-state index is 11.3. The molecule has 5 heteroatoms. The number of sulfone groups is 1. The fraction of sp³-hybridized carbons (Fsp3) is 0.583. The van der Waals surface area contributed by atoms with Crippen molar-refractivity contribution in [2.75, 3.05) is 11.5 Å². The number of nitrogens with one attached hydrogen (secondary N) is 1. The number of aryl methyl sites for hydroxylation is 1. The van der Waals surface area contributed by atoms with Crippen LogP contribution >= 0.6 is 0 Å². The first-order valence-corrected chi connectivity index (χ1v) is 7.73. The van der Waals surface area contributed by atoms with Crippen molar-refractivity contribution in [1.82, 2.24) is 10.3 Å². The third-order valence-corrected chi connectivity index (χ3v) is 4.95. The zero-order chi connectivity index (χ0) is 12.3. The van der Waals surface area contributed by atoms with Crippen molar-refractivity contribution < 1.29 is 8.42 Å². The highest BCUT2D eigenvalue weighted by Crippen LogP contribution is 2.13. The van der Waals surface area contributed by atoms with Gasteiger partial charge >= 0.3 is 0 Å². The Hall–Kier alpha value is -0.940. The first kappa shape index (κ1) is 12.5. The minimum absolute atomic E-state index is 0.305. The monoisotopic (exact) mass is 254 g/mol. The Labute approximate surface area is 102 Å². The molecule has 2 rings (SSSR count). The first-order valence-electron chi connectivity index (χ1n) is 5.91. The van der Waals surface area contributed by atoms with E-state index in [9.17, 15) is 8.42 Å². The average Bonchev–Trinajstić information content (AvgIpc) is 2.30. The van der Waals surface area contributed by atoms with Gasteiger partial charge in [0, 0.05) is 18.8 Å². The summed E-state index contributed by atoms with van der Waals surface area (Å²) in [5, 5.41) is 3.39. The highest BCUT2D eigenvalue weighted by molar-refractivity contribution is 7.91. The number of hydrogen-bond donors (Lipinski definition) is 1. The molecule has 0 aromatic carbocycles. The number of hydrogen-bond acceptors (Lipinski definition) is 4. The molecule has 4 nitrogen and oxygen atoms in total. The van der Waals surface area contributed by atoms with Crippen LogP contribution < -0.4 is 5.32 Å². The molecular weight excluding hydrogens is 236 g/mol. The minimum atomic E-state index is -2.76. The van der Waals surface area contributed by atoms with Crippen LogP contribution in [0.25, 0.3) is 0 Å². The number of aromatic nitrogens is 1. The summed E-state index contributed by atoms with van der Waals surface area (Å²) >= 11 is 0. The summed E-state index contributed by atoms with van der Waals surface area (Å²) in [7, 11) is -2.76. The van der Waals surface area contributed by atoms with E-state index in [0.29, 0.717) is 30.4 Å². The summed E-state index contributed by atoms with van der Waals surface area (Å²) in [6, 6.07) is 4.27. The Morgan fingerprint density at radius 3 is 2.76 bits per heavy atom. The van der Waals surface area contributed by atoms with Crippen LogP contribution in [0.3, 0.4) is 0 Å². The number of nitrogens with zero attached hydrogens (tertiary/aromatic N) is 1. The molecule has 2 heterocycles. The minimum Gasteiger partial charge on any atom is -0.308 e. The normalized spacial score (nSPS) is 20.3. The van der Waals surface area contributed by atoms with Crippen molar-refractivity contribution in [2.24, 2.45) is 0 Å². The summed E-state index contributed by atoms with van der Waals surface area (Å²) in [6.07, 6.45) is 3.22. The lowest BCUT2D eigenvalue weighted by atomic mass is 10.1. The van der Waals surface area contributed by atoms with Gasteiger partial charge in [-0.05, 0) is 31.4 Å². The summed E-state index contributed by atoms with van der Waals surface area (Å²) in [5.41, 5.74) is 2.21. The van der Waals surface area contributed by atoms with E-state index in [1.165, 1.54) is 5.56 Å². The van der Waals surface area contributed by atoms with Crippen molar-refractivity contribution in [3.63, 3.8) is 0 Å². The van der Waals surface area contributed by atoms with Crippen LogP contribution in [-0.4, -0.2) is 30.9 Å². The van der Waals surface area contributed by atoms with Gasteiger partial charge in [-0.2, -0.15) is 0 Å². The van der Waals surface area contributed by atoms with E-state index >= 15 is 0 Å². The van der Waals surface area contributed by atoms with Gasteiger partial charge in [0.1, 0.15) is 9.84 Å². The van der Waals surface area contributed by atoms with E-state index in [2.05, 4.69) is 10.3 Å². The lowest BCUT2D eigenvalue weighted by molar-refractivity contribution is 0.460. The molecule has 1 N–H and O–H groups in total. The lowest BCUT2D eigenvalue weighted by Crippen LogP contribution is -2.37. The van der Waals surface area contributed by atoms with Gasteiger partial charge in [-0.25, -0.2) is 8.42 Å². The molecule has 94 valence electrons. The van der Waals surface area contributed by atoms with Crippen molar-refractivity contribution >= 4 is 9.84 Å². The molecule has 0 radical (unpaired) electrons. The van der Waals surface area contributed by atoms with E-state index in [1.54, 1.807) is 6.20 Å². The summed E-state index contributed by atoms with van der Waals surface area (Å²) in [6.45, 7) is 2.76. The molecule has 1 aliphatic rings. The Morgan fingerprint density at radius 2 is 2.12 bits per heavy atom. The molecule has 0 unspecified atom stereocenters. The SMILES string of the molecule is Cc1cccnc1CNC1CCS(=O)(=O)CC1. The molecule has 1 fully saturated rings. The van der Waals surface area contributed by atoms with E-state index in [1.807, 2.05) is 19.1 Å². The van der Waals surface area contributed by atoms with Gasteiger partial charge in [0.05, 0.1) is 17.2 Å². The third kappa shape index (κ3) is 3.51. The molecule has 0 atom stereocenters. The van der Waals surface area contributed by atoms with Crippen molar-refractivity contribution in [1.29, 1.82) is 0 Å². The van der Waals surface area contributed by atoms with E-state index in [0.717, 1.165) is 12.2 Å². The second-order valence-corrected chi connectivity index (χ2v) is 6.88. The van der Waals surface area contributed by atoms with Gasteiger partial charge in [0.25, 0.3) is 0 Å². The summed E-state index contributed by atoms with van der Waals surface area (Å²) < 4.78 is 22.6. The maximum Gasteiger partial charge on any atom is 0.150 e. The van der Waals surface area contributed by atoms with Crippen LogP contribution in [0.15, 0.2) is 18.3 Å². The highest BCUT2D eigenvalue weighted by Gasteiger charge is 2.23. The topological polar surface area (TPSA) is 59.1 Å². The molecule has 1 aliphatic heterocycles. The predicted molar refractivity (Wildman–Crippen MR) is 67.5 cm³/mol. The fourth-order valence-electron chi connectivity index (χ4n) is 2.04. The third-order valence-electron chi connectivity index (χ3n) is 3.23. The quantitative estimate of drug-likeness (QED) is 0.876. The molecule has 17 heavy (non-hydrogen) atoms. The zero-order valence-corrected chi connectivity index (χ0v) is 10.8. The Balaban J connectivity index is 1.86. The molecule has 0 bridgehead atoms. The van der Waals surface area contributed by atoms with Crippen molar-refractivity contribution in [2.45, 2.75) is 32.4 Å². The number of pyridine rings is 1. The Kier molecular flexibility index (Phi) is 3.79. The van der Waals surface area contributed by atoms with Crippen LogP contribution in [0, 0.1) is 6.92 Å². The molecular formula is C12H18N2O2S. The Bertz CT molecular complexity index is 471. The number of rotatable bonds is 3. The molecule has 0 saturated carbocycles. The molecule has 0 amide bonds. The van der Waals surface area contributed by atoms with E-state index < -0.39 is 9.84 Å². The van der Waals surface area contributed by atoms with Crippen molar-refractivity contribution in [3.8, 4) is 0 Å². The maximum atomic E-state index is 11.3. The predicted octanol–water partition coefficient (Wildman–Crippen LogP) is 1.06. The van der Waals surface area contributed by atoms with Crippen LogP contribution in [0.5, 0.6) is 0 Å². The second-order valence-electron chi connectivity index (χ2n) is 4.57. The average molecular weight is 254 g/mol.